The van der Waals surface area contributed by atoms with Crippen LogP contribution in [0.5, 0.6) is 0 Å². The molecule has 3 heterocycles. The Morgan fingerprint density at radius 3 is 2.70 bits per heavy atom. The highest BCUT2D eigenvalue weighted by Gasteiger charge is 2.25. The van der Waals surface area contributed by atoms with Gasteiger partial charge >= 0.3 is 0 Å². The number of hydrogen-bond acceptors (Lipinski definition) is 5. The average Bonchev–Trinajstić information content (AvgIpc) is 3.17. The molecule has 0 radical (unpaired) electrons. The molecule has 0 unspecified atom stereocenters. The standard InChI is InChI=1S/C19H17ClFN3O3/c1-10(2)24-14-7-11(17-13(21)9-22-19(20)23-17)3-4-12(14)16(25)8-15(24)18-26-5-6-27-18/h3-4,7-10,18H,5-6H2,1-2H3. The summed E-state index contributed by atoms with van der Waals surface area (Å²) in [4.78, 5) is 20.3. The largest absolute Gasteiger partial charge is 0.345 e. The first-order chi connectivity index (χ1) is 13.0. The molecule has 0 saturated carbocycles. The van der Waals surface area contributed by atoms with Crippen molar-refractivity contribution >= 4 is 22.5 Å². The second-order valence-corrected chi connectivity index (χ2v) is 6.88. The van der Waals surface area contributed by atoms with Gasteiger partial charge in [-0.15, -0.1) is 0 Å². The van der Waals surface area contributed by atoms with Crippen LogP contribution in [-0.2, 0) is 9.47 Å². The Morgan fingerprint density at radius 1 is 1.26 bits per heavy atom. The van der Waals surface area contributed by atoms with Gasteiger partial charge in [0.25, 0.3) is 0 Å². The van der Waals surface area contributed by atoms with E-state index in [1.165, 1.54) is 0 Å². The highest BCUT2D eigenvalue weighted by molar-refractivity contribution is 6.28. The van der Waals surface area contributed by atoms with Gasteiger partial charge in [-0.25, -0.2) is 14.4 Å². The zero-order valence-corrected chi connectivity index (χ0v) is 15.5. The molecule has 4 rings (SSSR count). The summed E-state index contributed by atoms with van der Waals surface area (Å²) >= 11 is 5.83. The van der Waals surface area contributed by atoms with Crippen LogP contribution in [0.2, 0.25) is 5.28 Å². The van der Waals surface area contributed by atoms with Crippen LogP contribution in [0.15, 0.2) is 35.3 Å². The van der Waals surface area contributed by atoms with E-state index in [1.807, 2.05) is 18.4 Å². The third-order valence-electron chi connectivity index (χ3n) is 4.45. The average molecular weight is 390 g/mol. The van der Waals surface area contributed by atoms with Gasteiger partial charge in [-0.1, -0.05) is 6.07 Å². The van der Waals surface area contributed by atoms with E-state index >= 15 is 0 Å². The Labute approximate surface area is 159 Å². The second-order valence-electron chi connectivity index (χ2n) is 6.54. The summed E-state index contributed by atoms with van der Waals surface area (Å²) in [6.45, 7) is 4.94. The van der Waals surface area contributed by atoms with Crippen molar-refractivity contribution in [2.75, 3.05) is 13.2 Å². The first-order valence-corrected chi connectivity index (χ1v) is 8.94. The molecule has 27 heavy (non-hydrogen) atoms. The summed E-state index contributed by atoms with van der Waals surface area (Å²) in [7, 11) is 0. The second kappa shape index (κ2) is 6.99. The molecule has 2 aromatic heterocycles. The number of benzene rings is 1. The fourth-order valence-electron chi connectivity index (χ4n) is 3.34. The van der Waals surface area contributed by atoms with Crippen LogP contribution >= 0.6 is 11.6 Å². The molecule has 0 atom stereocenters. The van der Waals surface area contributed by atoms with E-state index in [-0.39, 0.29) is 22.4 Å². The van der Waals surface area contributed by atoms with Gasteiger partial charge in [0, 0.05) is 23.1 Å². The molecule has 6 nitrogen and oxygen atoms in total. The lowest BCUT2D eigenvalue weighted by Crippen LogP contribution is -2.19. The molecular formula is C19H17ClFN3O3. The molecule has 0 bridgehead atoms. The number of rotatable bonds is 3. The maximum atomic E-state index is 14.2. The smallest absolute Gasteiger partial charge is 0.223 e. The van der Waals surface area contributed by atoms with Gasteiger partial charge in [-0.2, -0.15) is 0 Å². The summed E-state index contributed by atoms with van der Waals surface area (Å²) in [6.07, 6.45) is 0.430. The van der Waals surface area contributed by atoms with Crippen molar-refractivity contribution in [1.29, 1.82) is 0 Å². The number of nitrogens with zero attached hydrogens (tertiary/aromatic N) is 3. The zero-order valence-electron chi connectivity index (χ0n) is 14.8. The van der Waals surface area contributed by atoms with Crippen LogP contribution in [0.4, 0.5) is 4.39 Å². The molecule has 0 spiro atoms. The maximum absolute atomic E-state index is 14.2. The molecule has 140 valence electrons. The molecular weight excluding hydrogens is 373 g/mol. The van der Waals surface area contributed by atoms with Gasteiger partial charge in [0.2, 0.25) is 5.28 Å². The van der Waals surface area contributed by atoms with E-state index in [9.17, 15) is 9.18 Å². The lowest BCUT2D eigenvalue weighted by atomic mass is 10.1. The molecule has 1 saturated heterocycles. The molecule has 0 amide bonds. The lowest BCUT2D eigenvalue weighted by Gasteiger charge is -2.23. The number of fused-ring (bicyclic) bond motifs is 1. The molecule has 0 aliphatic carbocycles. The molecule has 1 aliphatic heterocycles. The number of hydrogen-bond donors (Lipinski definition) is 0. The van der Waals surface area contributed by atoms with E-state index in [4.69, 9.17) is 21.1 Å². The molecule has 1 aromatic carbocycles. The topological polar surface area (TPSA) is 66.2 Å². The quantitative estimate of drug-likeness (QED) is 0.636. The minimum Gasteiger partial charge on any atom is -0.345 e. The zero-order chi connectivity index (χ0) is 19.1. The third-order valence-corrected chi connectivity index (χ3v) is 4.63. The van der Waals surface area contributed by atoms with Crippen molar-refractivity contribution in [3.05, 3.63) is 57.5 Å². The van der Waals surface area contributed by atoms with Crippen molar-refractivity contribution in [2.45, 2.75) is 26.2 Å². The van der Waals surface area contributed by atoms with E-state index in [1.54, 1.807) is 24.3 Å². The number of ether oxygens (including phenoxy) is 2. The Hall–Kier alpha value is -2.35. The van der Waals surface area contributed by atoms with E-state index in [0.29, 0.717) is 35.4 Å². The fourth-order valence-corrected chi connectivity index (χ4v) is 3.48. The third kappa shape index (κ3) is 3.22. The summed E-state index contributed by atoms with van der Waals surface area (Å²) in [5.41, 5.74) is 1.72. The van der Waals surface area contributed by atoms with E-state index in [2.05, 4.69) is 9.97 Å². The predicted molar refractivity (Wildman–Crippen MR) is 99.2 cm³/mol. The van der Waals surface area contributed by atoms with Gasteiger partial charge in [0.05, 0.1) is 30.6 Å². The van der Waals surface area contributed by atoms with Crippen molar-refractivity contribution < 1.29 is 13.9 Å². The van der Waals surface area contributed by atoms with Crippen molar-refractivity contribution in [1.82, 2.24) is 14.5 Å². The van der Waals surface area contributed by atoms with Crippen molar-refractivity contribution in [3.8, 4) is 11.3 Å². The first kappa shape index (κ1) is 18.0. The van der Waals surface area contributed by atoms with Crippen molar-refractivity contribution in [2.24, 2.45) is 0 Å². The summed E-state index contributed by atoms with van der Waals surface area (Å²) in [5.74, 6) is -0.587. The van der Waals surface area contributed by atoms with Gasteiger partial charge in [-0.05, 0) is 37.6 Å². The molecule has 0 N–H and O–H groups in total. The predicted octanol–water partition coefficient (Wildman–Crippen LogP) is 3.88. The van der Waals surface area contributed by atoms with Crippen LogP contribution in [0.25, 0.3) is 22.2 Å². The Kier molecular flexibility index (Phi) is 4.67. The number of pyridine rings is 1. The Morgan fingerprint density at radius 2 is 2.00 bits per heavy atom. The Balaban J connectivity index is 2.00. The molecule has 3 aromatic rings. The van der Waals surface area contributed by atoms with Crippen LogP contribution in [0.3, 0.4) is 0 Å². The van der Waals surface area contributed by atoms with Crippen LogP contribution in [-0.4, -0.2) is 27.7 Å². The van der Waals surface area contributed by atoms with Gasteiger partial charge < -0.3 is 14.0 Å². The highest BCUT2D eigenvalue weighted by atomic mass is 35.5. The number of aromatic nitrogens is 3. The highest BCUT2D eigenvalue weighted by Crippen LogP contribution is 2.31. The van der Waals surface area contributed by atoms with E-state index < -0.39 is 12.1 Å². The maximum Gasteiger partial charge on any atom is 0.223 e. The monoisotopic (exact) mass is 389 g/mol. The summed E-state index contributed by atoms with van der Waals surface area (Å²) in [6, 6.07) is 6.61. The van der Waals surface area contributed by atoms with Gasteiger partial charge in [0.1, 0.15) is 5.69 Å². The van der Waals surface area contributed by atoms with Crippen LogP contribution in [0, 0.1) is 5.82 Å². The number of halogens is 2. The molecule has 1 aliphatic rings. The Bertz CT molecular complexity index is 1080. The summed E-state index contributed by atoms with van der Waals surface area (Å²) < 4.78 is 27.4. The van der Waals surface area contributed by atoms with Gasteiger partial charge in [0.15, 0.2) is 17.5 Å². The molecule has 8 heteroatoms. The molecule has 1 fully saturated rings. The minimum absolute atomic E-state index is 0.0185. The summed E-state index contributed by atoms with van der Waals surface area (Å²) in [5, 5.41) is 0.476. The van der Waals surface area contributed by atoms with Gasteiger partial charge in [-0.3, -0.25) is 4.79 Å². The van der Waals surface area contributed by atoms with E-state index in [0.717, 1.165) is 6.20 Å². The first-order valence-electron chi connectivity index (χ1n) is 8.56. The fraction of sp³-hybridized carbons (Fsp3) is 0.316. The van der Waals surface area contributed by atoms with Crippen molar-refractivity contribution in [3.63, 3.8) is 0 Å². The SMILES string of the molecule is CC(C)n1c(C2OCCO2)cc(=O)c2ccc(-c3nc(Cl)ncc3F)cc21. The lowest BCUT2D eigenvalue weighted by molar-refractivity contribution is -0.0503. The van der Waals surface area contributed by atoms with Crippen LogP contribution in [0.1, 0.15) is 31.9 Å². The minimum atomic E-state index is -0.599. The van der Waals surface area contributed by atoms with Crippen LogP contribution < -0.4 is 5.43 Å². The normalized spacial score (nSPS) is 15.1.